The molecule has 4 aromatic carbocycles. The number of carbonyl (C=O) groups is 1. The number of carboxylic acid groups (broad SMARTS) is 1. The van der Waals surface area contributed by atoms with Crippen LogP contribution in [0.5, 0.6) is 5.75 Å². The van der Waals surface area contributed by atoms with Crippen molar-refractivity contribution in [2.24, 2.45) is 0 Å². The lowest BCUT2D eigenvalue weighted by Crippen LogP contribution is -2.04. The molecule has 2 N–H and O–H groups in total. The van der Waals surface area contributed by atoms with Gasteiger partial charge in [0.25, 0.3) is 0 Å². The fourth-order valence-electron chi connectivity index (χ4n) is 3.54. The molecule has 0 saturated heterocycles. The molecule has 0 spiro atoms. The molecule has 4 rings (SSSR count). The van der Waals surface area contributed by atoms with E-state index in [1.165, 1.54) is 0 Å². The van der Waals surface area contributed by atoms with E-state index in [1.807, 2.05) is 67.6 Å². The summed E-state index contributed by atoms with van der Waals surface area (Å²) in [7, 11) is 0. The van der Waals surface area contributed by atoms with E-state index in [0.29, 0.717) is 16.7 Å². The topological polar surface area (TPSA) is 57.5 Å². The highest BCUT2D eigenvalue weighted by Crippen LogP contribution is 2.41. The van der Waals surface area contributed by atoms with Gasteiger partial charge >= 0.3 is 5.97 Å². The zero-order valence-corrected chi connectivity index (χ0v) is 13.7. The molecule has 0 aliphatic rings. The van der Waals surface area contributed by atoms with Gasteiger partial charge in [-0.25, -0.2) is 4.79 Å². The van der Waals surface area contributed by atoms with Gasteiger partial charge in [-0.3, -0.25) is 0 Å². The number of hydrogen-bond acceptors (Lipinski definition) is 2. The largest absolute Gasteiger partial charge is 0.507 e. The van der Waals surface area contributed by atoms with E-state index in [1.54, 1.807) is 6.07 Å². The molecule has 0 amide bonds. The fraction of sp³-hybridized carbons (Fsp3) is 0.0455. The molecule has 0 saturated carbocycles. The van der Waals surface area contributed by atoms with Crippen LogP contribution in [0.1, 0.15) is 15.9 Å². The number of fused-ring (bicyclic) bond motifs is 2. The van der Waals surface area contributed by atoms with E-state index in [9.17, 15) is 15.0 Å². The minimum Gasteiger partial charge on any atom is -0.507 e. The standard InChI is InChI=1S/C22H16O3/c1-13-16-8-4-3-7-15(16)12-18(20(13)22(24)25)21-17-9-5-2-6-14(17)10-11-19(21)23/h2-12,23H,1H3,(H,24,25). The number of benzene rings is 4. The Morgan fingerprint density at radius 1 is 0.840 bits per heavy atom. The monoisotopic (exact) mass is 328 g/mol. The fourth-order valence-corrected chi connectivity index (χ4v) is 3.54. The molecule has 0 aliphatic heterocycles. The van der Waals surface area contributed by atoms with Gasteiger partial charge in [0.2, 0.25) is 0 Å². The van der Waals surface area contributed by atoms with E-state index in [4.69, 9.17) is 0 Å². The van der Waals surface area contributed by atoms with Crippen LogP contribution >= 0.6 is 0 Å². The maximum Gasteiger partial charge on any atom is 0.336 e. The van der Waals surface area contributed by atoms with Gasteiger partial charge in [0.15, 0.2) is 0 Å². The predicted octanol–water partition coefficient (Wildman–Crippen LogP) is 5.37. The van der Waals surface area contributed by atoms with Crippen molar-refractivity contribution < 1.29 is 15.0 Å². The molecule has 3 heteroatoms. The summed E-state index contributed by atoms with van der Waals surface area (Å²) in [5.74, 6) is -0.915. The third-order valence-electron chi connectivity index (χ3n) is 4.70. The zero-order valence-electron chi connectivity index (χ0n) is 13.7. The third kappa shape index (κ3) is 2.32. The Bertz CT molecular complexity index is 1140. The van der Waals surface area contributed by atoms with Crippen molar-refractivity contribution in [3.8, 4) is 16.9 Å². The van der Waals surface area contributed by atoms with Crippen LogP contribution in [0.4, 0.5) is 0 Å². The number of phenols is 1. The highest BCUT2D eigenvalue weighted by Gasteiger charge is 2.21. The Morgan fingerprint density at radius 3 is 2.20 bits per heavy atom. The van der Waals surface area contributed by atoms with E-state index in [0.717, 1.165) is 21.5 Å². The van der Waals surface area contributed by atoms with E-state index in [-0.39, 0.29) is 11.3 Å². The van der Waals surface area contributed by atoms with Crippen LogP contribution in [-0.2, 0) is 0 Å². The van der Waals surface area contributed by atoms with Crippen LogP contribution in [0.3, 0.4) is 0 Å². The van der Waals surface area contributed by atoms with Gasteiger partial charge < -0.3 is 10.2 Å². The van der Waals surface area contributed by atoms with Gasteiger partial charge in [0.1, 0.15) is 5.75 Å². The average Bonchev–Trinajstić information content (AvgIpc) is 2.61. The SMILES string of the molecule is Cc1c(C(=O)O)c(-c2c(O)ccc3ccccc23)cc2ccccc12. The summed E-state index contributed by atoms with van der Waals surface area (Å²) in [5, 5.41) is 24.0. The van der Waals surface area contributed by atoms with Crippen LogP contribution in [0.2, 0.25) is 0 Å². The minimum absolute atomic E-state index is 0.0795. The van der Waals surface area contributed by atoms with Gasteiger partial charge in [-0.15, -0.1) is 0 Å². The van der Waals surface area contributed by atoms with Crippen molar-refractivity contribution in [2.45, 2.75) is 6.92 Å². The van der Waals surface area contributed by atoms with Crippen molar-refractivity contribution in [2.75, 3.05) is 0 Å². The van der Waals surface area contributed by atoms with Crippen molar-refractivity contribution in [3.05, 3.63) is 77.9 Å². The predicted molar refractivity (Wildman–Crippen MR) is 100 cm³/mol. The molecule has 0 bridgehead atoms. The molecular formula is C22H16O3. The summed E-state index contributed by atoms with van der Waals surface area (Å²) in [6.45, 7) is 1.82. The second-order valence-electron chi connectivity index (χ2n) is 6.13. The molecule has 0 aliphatic carbocycles. The number of hydrogen-bond donors (Lipinski definition) is 2. The van der Waals surface area contributed by atoms with Gasteiger partial charge in [-0.2, -0.15) is 0 Å². The van der Waals surface area contributed by atoms with Crippen LogP contribution in [0, 0.1) is 6.92 Å². The first-order valence-corrected chi connectivity index (χ1v) is 8.04. The molecular weight excluding hydrogens is 312 g/mol. The highest BCUT2D eigenvalue weighted by atomic mass is 16.4. The van der Waals surface area contributed by atoms with Gasteiger partial charge in [0.05, 0.1) is 5.56 Å². The molecule has 0 radical (unpaired) electrons. The lowest BCUT2D eigenvalue weighted by Gasteiger charge is -2.16. The summed E-state index contributed by atoms with van der Waals surface area (Å²) in [4.78, 5) is 12.0. The maximum atomic E-state index is 12.0. The lowest BCUT2D eigenvalue weighted by atomic mass is 9.88. The number of aryl methyl sites for hydroxylation is 1. The summed E-state index contributed by atoms with van der Waals surface area (Å²) in [6, 6.07) is 20.7. The quantitative estimate of drug-likeness (QED) is 0.520. The first kappa shape index (κ1) is 15.2. The number of aromatic carboxylic acids is 1. The summed E-state index contributed by atoms with van der Waals surface area (Å²) >= 11 is 0. The van der Waals surface area contributed by atoms with Crippen LogP contribution in [-0.4, -0.2) is 16.2 Å². The average molecular weight is 328 g/mol. The first-order valence-electron chi connectivity index (χ1n) is 8.04. The Kier molecular flexibility index (Phi) is 3.43. The number of carboxylic acids is 1. The van der Waals surface area contributed by atoms with Gasteiger partial charge in [-0.1, -0.05) is 54.6 Å². The Hall–Kier alpha value is -3.33. The van der Waals surface area contributed by atoms with Crippen LogP contribution in [0.25, 0.3) is 32.7 Å². The number of phenolic OH excluding ortho intramolecular Hbond substituents is 1. The molecule has 25 heavy (non-hydrogen) atoms. The molecule has 0 unspecified atom stereocenters. The Balaban J connectivity index is 2.20. The van der Waals surface area contributed by atoms with Gasteiger partial charge in [0, 0.05) is 11.1 Å². The first-order chi connectivity index (χ1) is 12.1. The maximum absolute atomic E-state index is 12.0. The summed E-state index contributed by atoms with van der Waals surface area (Å²) in [5.41, 5.74) is 2.03. The van der Waals surface area contributed by atoms with Crippen LogP contribution < -0.4 is 0 Å². The molecule has 0 atom stereocenters. The smallest absolute Gasteiger partial charge is 0.336 e. The van der Waals surface area contributed by atoms with Crippen molar-refractivity contribution in [1.29, 1.82) is 0 Å². The molecule has 0 fully saturated rings. The minimum atomic E-state index is -0.995. The summed E-state index contributed by atoms with van der Waals surface area (Å²) in [6.07, 6.45) is 0. The second-order valence-corrected chi connectivity index (χ2v) is 6.13. The number of aromatic hydroxyl groups is 1. The molecule has 122 valence electrons. The van der Waals surface area contributed by atoms with E-state index in [2.05, 4.69) is 0 Å². The molecule has 0 aromatic heterocycles. The Labute approximate surface area is 144 Å². The highest BCUT2D eigenvalue weighted by molar-refractivity contribution is 6.10. The molecule has 3 nitrogen and oxygen atoms in total. The van der Waals surface area contributed by atoms with E-state index < -0.39 is 5.97 Å². The normalized spacial score (nSPS) is 11.1. The zero-order chi connectivity index (χ0) is 17.6. The lowest BCUT2D eigenvalue weighted by molar-refractivity contribution is 0.0697. The van der Waals surface area contributed by atoms with Crippen molar-refractivity contribution in [1.82, 2.24) is 0 Å². The van der Waals surface area contributed by atoms with Gasteiger partial charge in [-0.05, 0) is 46.2 Å². The second kappa shape index (κ2) is 5.64. The number of rotatable bonds is 2. The summed E-state index contributed by atoms with van der Waals surface area (Å²) < 4.78 is 0. The Morgan fingerprint density at radius 2 is 1.48 bits per heavy atom. The van der Waals surface area contributed by atoms with Crippen molar-refractivity contribution >= 4 is 27.5 Å². The van der Waals surface area contributed by atoms with Crippen LogP contribution in [0.15, 0.2) is 66.7 Å². The van der Waals surface area contributed by atoms with Crippen molar-refractivity contribution in [3.63, 3.8) is 0 Å². The third-order valence-corrected chi connectivity index (χ3v) is 4.70. The van der Waals surface area contributed by atoms with E-state index >= 15 is 0 Å². The molecule has 0 heterocycles. The molecule has 4 aromatic rings.